The van der Waals surface area contributed by atoms with E-state index in [-0.39, 0.29) is 11.0 Å². The summed E-state index contributed by atoms with van der Waals surface area (Å²) in [5, 5.41) is 3.44. The predicted octanol–water partition coefficient (Wildman–Crippen LogP) is 2.55. The summed E-state index contributed by atoms with van der Waals surface area (Å²) >= 11 is 0.954. The molecule has 0 fully saturated rings. The minimum Gasteiger partial charge on any atom is -0.469 e. The summed E-state index contributed by atoms with van der Waals surface area (Å²) in [6, 6.07) is 4.48. The predicted molar refractivity (Wildman–Crippen MR) is 62.8 cm³/mol. The molecule has 0 aromatic carbocycles. The molecule has 88 valence electrons. The van der Waals surface area contributed by atoms with Crippen molar-refractivity contribution in [1.29, 1.82) is 0 Å². The van der Waals surface area contributed by atoms with Crippen LogP contribution < -0.4 is 5.43 Å². The fourth-order valence-electron chi connectivity index (χ4n) is 1.23. The summed E-state index contributed by atoms with van der Waals surface area (Å²) in [7, 11) is 0. The number of aryl methyl sites for hydroxylation is 1. The van der Waals surface area contributed by atoms with Gasteiger partial charge in [0.05, 0.1) is 22.9 Å². The first-order valence-corrected chi connectivity index (χ1v) is 5.61. The number of hydrazone groups is 1. The number of nitrogens with one attached hydrogen (secondary N) is 1. The number of amides is 1. The molecule has 0 aliphatic rings. The number of thiophene rings is 1. The van der Waals surface area contributed by atoms with Crippen LogP contribution in [0.5, 0.6) is 0 Å². The van der Waals surface area contributed by atoms with Crippen molar-refractivity contribution in [3.05, 3.63) is 45.8 Å². The fourth-order valence-corrected chi connectivity index (χ4v) is 1.84. The fraction of sp³-hybridized carbons (Fsp3) is 0.0909. The zero-order chi connectivity index (χ0) is 12.3. The second kappa shape index (κ2) is 4.92. The van der Waals surface area contributed by atoms with Crippen molar-refractivity contribution in [2.45, 2.75) is 6.92 Å². The van der Waals surface area contributed by atoms with Gasteiger partial charge in [-0.05, 0) is 25.1 Å². The molecule has 4 nitrogen and oxygen atoms in total. The molecule has 1 N–H and O–H groups in total. The molecule has 0 aliphatic heterocycles. The molecule has 2 aromatic heterocycles. The van der Waals surface area contributed by atoms with Crippen molar-refractivity contribution in [1.82, 2.24) is 5.43 Å². The van der Waals surface area contributed by atoms with Gasteiger partial charge in [-0.25, -0.2) is 5.43 Å². The third-order valence-corrected chi connectivity index (χ3v) is 2.86. The van der Waals surface area contributed by atoms with Gasteiger partial charge in [0.15, 0.2) is 5.13 Å². The Bertz CT molecular complexity index is 559. The summed E-state index contributed by atoms with van der Waals surface area (Å²) in [5.74, 6) is 0.171. The molecule has 6 heteroatoms. The van der Waals surface area contributed by atoms with Crippen molar-refractivity contribution in [3.63, 3.8) is 0 Å². The second-order valence-electron chi connectivity index (χ2n) is 3.23. The van der Waals surface area contributed by atoms with E-state index in [0.29, 0.717) is 16.2 Å². The highest BCUT2D eigenvalue weighted by Gasteiger charge is 2.09. The van der Waals surface area contributed by atoms with Crippen LogP contribution in [0.2, 0.25) is 0 Å². The molecule has 0 spiro atoms. The van der Waals surface area contributed by atoms with Gasteiger partial charge in [-0.2, -0.15) is 9.49 Å². The number of hydrogen-bond donors (Lipinski definition) is 1. The van der Waals surface area contributed by atoms with Crippen molar-refractivity contribution in [2.75, 3.05) is 0 Å². The highest BCUT2D eigenvalue weighted by molar-refractivity contribution is 7.12. The van der Waals surface area contributed by atoms with Crippen LogP contribution in [-0.4, -0.2) is 12.1 Å². The molecule has 0 bridgehead atoms. The topological polar surface area (TPSA) is 54.6 Å². The quantitative estimate of drug-likeness (QED) is 0.674. The summed E-state index contributed by atoms with van der Waals surface area (Å²) in [4.78, 5) is 12.2. The molecule has 0 saturated carbocycles. The first kappa shape index (κ1) is 11.5. The number of hydrogen-bond acceptors (Lipinski definition) is 4. The first-order valence-electron chi connectivity index (χ1n) is 4.79. The number of furan rings is 1. The van der Waals surface area contributed by atoms with Crippen LogP contribution in [0.3, 0.4) is 0 Å². The van der Waals surface area contributed by atoms with Crippen molar-refractivity contribution >= 4 is 23.5 Å². The number of carbonyl (C=O) groups excluding carboxylic acids is 1. The highest BCUT2D eigenvalue weighted by atomic mass is 32.1. The van der Waals surface area contributed by atoms with Crippen molar-refractivity contribution in [2.24, 2.45) is 5.10 Å². The van der Waals surface area contributed by atoms with Gasteiger partial charge in [-0.3, -0.25) is 4.79 Å². The van der Waals surface area contributed by atoms with E-state index in [0.717, 1.165) is 11.3 Å². The Kier molecular flexibility index (Phi) is 3.34. The molecule has 2 rings (SSSR count). The maximum atomic E-state index is 12.6. The van der Waals surface area contributed by atoms with E-state index < -0.39 is 0 Å². The van der Waals surface area contributed by atoms with E-state index in [1.807, 2.05) is 0 Å². The molecule has 0 saturated heterocycles. The van der Waals surface area contributed by atoms with Gasteiger partial charge < -0.3 is 4.42 Å². The molecule has 2 aromatic rings. The summed E-state index contributed by atoms with van der Waals surface area (Å²) in [5.41, 5.74) is 2.77. The number of carbonyl (C=O) groups is 1. The molecule has 0 unspecified atom stereocenters. The number of nitrogens with zero attached hydrogens (tertiary/aromatic N) is 1. The van der Waals surface area contributed by atoms with Crippen LogP contribution >= 0.6 is 11.3 Å². The highest BCUT2D eigenvalue weighted by Crippen LogP contribution is 2.11. The molecule has 0 aliphatic carbocycles. The molecule has 0 atom stereocenters. The zero-order valence-corrected chi connectivity index (χ0v) is 9.75. The Morgan fingerprint density at radius 3 is 2.94 bits per heavy atom. The van der Waals surface area contributed by atoms with Crippen molar-refractivity contribution < 1.29 is 13.6 Å². The minimum absolute atomic E-state index is 0.288. The summed E-state index contributed by atoms with van der Waals surface area (Å²) in [6.45, 7) is 1.69. The Hall–Kier alpha value is -1.95. The Balaban J connectivity index is 1.97. The van der Waals surface area contributed by atoms with Crippen LogP contribution in [0, 0.1) is 12.1 Å². The lowest BCUT2D eigenvalue weighted by Gasteiger charge is -1.96. The monoisotopic (exact) mass is 252 g/mol. The van der Waals surface area contributed by atoms with Crippen LogP contribution in [0.4, 0.5) is 4.39 Å². The van der Waals surface area contributed by atoms with E-state index in [1.165, 1.54) is 18.5 Å². The molecule has 2 heterocycles. The third-order valence-electron chi connectivity index (χ3n) is 2.06. The van der Waals surface area contributed by atoms with E-state index in [1.54, 1.807) is 19.1 Å². The largest absolute Gasteiger partial charge is 0.469 e. The van der Waals surface area contributed by atoms with Gasteiger partial charge >= 0.3 is 0 Å². The van der Waals surface area contributed by atoms with E-state index >= 15 is 0 Å². The molecular weight excluding hydrogens is 243 g/mol. The number of rotatable bonds is 3. The SMILES string of the molecule is Cc1occc1C(=O)NN=Cc1ccc(F)s1. The van der Waals surface area contributed by atoms with Gasteiger partial charge in [0.1, 0.15) is 5.76 Å². The first-order chi connectivity index (χ1) is 8.16. The summed E-state index contributed by atoms with van der Waals surface area (Å²) in [6.07, 6.45) is 2.82. The lowest BCUT2D eigenvalue weighted by molar-refractivity contribution is 0.0953. The Labute approximate surface area is 101 Å². The van der Waals surface area contributed by atoms with Gasteiger partial charge in [0.2, 0.25) is 0 Å². The Morgan fingerprint density at radius 2 is 2.35 bits per heavy atom. The summed E-state index contributed by atoms with van der Waals surface area (Å²) < 4.78 is 17.6. The maximum absolute atomic E-state index is 12.6. The smallest absolute Gasteiger partial charge is 0.274 e. The lowest BCUT2D eigenvalue weighted by atomic mass is 10.2. The molecule has 17 heavy (non-hydrogen) atoms. The molecule has 0 radical (unpaired) electrons. The second-order valence-corrected chi connectivity index (χ2v) is 4.30. The lowest BCUT2D eigenvalue weighted by Crippen LogP contribution is -2.17. The zero-order valence-electron chi connectivity index (χ0n) is 8.94. The maximum Gasteiger partial charge on any atom is 0.274 e. The van der Waals surface area contributed by atoms with Gasteiger partial charge in [0.25, 0.3) is 5.91 Å². The minimum atomic E-state index is -0.357. The van der Waals surface area contributed by atoms with Crippen LogP contribution in [-0.2, 0) is 0 Å². The molecular formula is C11H9FN2O2S. The number of halogens is 1. The van der Waals surface area contributed by atoms with E-state index in [4.69, 9.17) is 4.42 Å². The van der Waals surface area contributed by atoms with Crippen LogP contribution in [0.15, 0.2) is 34.0 Å². The molecule has 1 amide bonds. The third kappa shape index (κ3) is 2.79. The van der Waals surface area contributed by atoms with Gasteiger partial charge in [-0.15, -0.1) is 11.3 Å². The average molecular weight is 252 g/mol. The van der Waals surface area contributed by atoms with E-state index in [2.05, 4.69) is 10.5 Å². The van der Waals surface area contributed by atoms with Crippen LogP contribution in [0.25, 0.3) is 0 Å². The average Bonchev–Trinajstić information content (AvgIpc) is 2.87. The van der Waals surface area contributed by atoms with Gasteiger partial charge in [-0.1, -0.05) is 0 Å². The standard InChI is InChI=1S/C11H9FN2O2S/c1-7-9(4-5-16-7)11(15)14-13-6-8-2-3-10(12)17-8/h2-6H,1H3,(H,14,15). The van der Waals surface area contributed by atoms with Crippen molar-refractivity contribution in [3.8, 4) is 0 Å². The van der Waals surface area contributed by atoms with Crippen LogP contribution in [0.1, 0.15) is 21.0 Å². The van der Waals surface area contributed by atoms with Gasteiger partial charge in [0, 0.05) is 0 Å². The normalized spacial score (nSPS) is 10.9. The van der Waals surface area contributed by atoms with E-state index in [9.17, 15) is 9.18 Å². The Morgan fingerprint density at radius 1 is 1.53 bits per heavy atom.